The van der Waals surface area contributed by atoms with Gasteiger partial charge in [0, 0.05) is 24.7 Å². The van der Waals surface area contributed by atoms with Crippen molar-refractivity contribution < 1.29 is 17.9 Å². The Bertz CT molecular complexity index is 696. The first-order valence-electron chi connectivity index (χ1n) is 8.30. The normalized spacial score (nSPS) is 19.1. The number of amides is 1. The highest BCUT2D eigenvalue weighted by atomic mass is 35.5. The topological polar surface area (TPSA) is 66.9 Å². The van der Waals surface area contributed by atoms with Crippen LogP contribution < -0.4 is 4.74 Å². The van der Waals surface area contributed by atoms with Crippen LogP contribution in [0.5, 0.6) is 5.75 Å². The summed E-state index contributed by atoms with van der Waals surface area (Å²) in [6, 6.07) is 7.04. The molecular formula is C17H25ClN2O4S. The van der Waals surface area contributed by atoms with Gasteiger partial charge in [0.15, 0.2) is 9.84 Å². The molecule has 1 unspecified atom stereocenters. The Morgan fingerprint density at radius 3 is 2.76 bits per heavy atom. The fourth-order valence-corrected chi connectivity index (χ4v) is 4.74. The summed E-state index contributed by atoms with van der Waals surface area (Å²) in [6.45, 7) is 1.52. The Balaban J connectivity index is 1.67. The van der Waals surface area contributed by atoms with Crippen molar-refractivity contribution in [2.75, 3.05) is 45.3 Å². The van der Waals surface area contributed by atoms with Gasteiger partial charge in [-0.1, -0.05) is 17.7 Å². The number of hydrogen-bond donors (Lipinski definition) is 0. The molecule has 1 saturated heterocycles. The zero-order chi connectivity index (χ0) is 18.4. The summed E-state index contributed by atoms with van der Waals surface area (Å²) in [5, 5.41) is 0.636. The van der Waals surface area contributed by atoms with Crippen LogP contribution in [0.3, 0.4) is 0 Å². The minimum absolute atomic E-state index is 0.0552. The maximum absolute atomic E-state index is 12.3. The average Bonchev–Trinajstić information content (AvgIpc) is 2.91. The molecule has 2 rings (SSSR count). The van der Waals surface area contributed by atoms with Crippen molar-refractivity contribution in [3.05, 3.63) is 29.3 Å². The van der Waals surface area contributed by atoms with Crippen molar-refractivity contribution in [1.82, 2.24) is 9.80 Å². The number of likely N-dealkylation sites (N-methyl/N-ethyl adjacent to an activating group) is 2. The van der Waals surface area contributed by atoms with Gasteiger partial charge in [-0.2, -0.15) is 0 Å². The number of rotatable bonds is 8. The van der Waals surface area contributed by atoms with E-state index in [0.717, 1.165) is 12.2 Å². The van der Waals surface area contributed by atoms with Crippen LogP contribution in [0.25, 0.3) is 0 Å². The Morgan fingerprint density at radius 2 is 2.12 bits per heavy atom. The summed E-state index contributed by atoms with van der Waals surface area (Å²) >= 11 is 5.90. The SMILES string of the molecule is CN(CCCOc1cccc(Cl)c1)CC(=O)N(C)C1CCS(=O)(=O)C1. The minimum Gasteiger partial charge on any atom is -0.493 e. The van der Waals surface area contributed by atoms with Gasteiger partial charge < -0.3 is 9.64 Å². The van der Waals surface area contributed by atoms with Crippen LogP contribution in [0.4, 0.5) is 0 Å². The van der Waals surface area contributed by atoms with Crippen LogP contribution in [-0.2, 0) is 14.6 Å². The van der Waals surface area contributed by atoms with Crippen LogP contribution in [-0.4, -0.2) is 75.5 Å². The third-order valence-electron chi connectivity index (χ3n) is 4.30. The number of benzene rings is 1. The van der Waals surface area contributed by atoms with E-state index in [9.17, 15) is 13.2 Å². The van der Waals surface area contributed by atoms with E-state index in [0.29, 0.717) is 24.6 Å². The minimum atomic E-state index is -2.98. The summed E-state index contributed by atoms with van der Waals surface area (Å²) in [6.07, 6.45) is 1.31. The molecule has 0 aliphatic carbocycles. The van der Waals surface area contributed by atoms with E-state index < -0.39 is 9.84 Å². The molecule has 1 aromatic rings. The largest absolute Gasteiger partial charge is 0.493 e. The number of nitrogens with zero attached hydrogens (tertiary/aromatic N) is 2. The molecule has 140 valence electrons. The first kappa shape index (κ1) is 20.0. The van der Waals surface area contributed by atoms with E-state index >= 15 is 0 Å². The summed E-state index contributed by atoms with van der Waals surface area (Å²) in [5.74, 6) is 0.923. The molecule has 1 fully saturated rings. The second-order valence-electron chi connectivity index (χ2n) is 6.46. The molecule has 0 radical (unpaired) electrons. The highest BCUT2D eigenvalue weighted by molar-refractivity contribution is 7.91. The Hall–Kier alpha value is -1.31. The van der Waals surface area contributed by atoms with E-state index in [1.54, 1.807) is 24.1 Å². The van der Waals surface area contributed by atoms with Crippen molar-refractivity contribution in [2.45, 2.75) is 18.9 Å². The molecule has 1 aliphatic heterocycles. The zero-order valence-electron chi connectivity index (χ0n) is 14.7. The molecule has 25 heavy (non-hydrogen) atoms. The lowest BCUT2D eigenvalue weighted by Crippen LogP contribution is -2.43. The molecule has 0 spiro atoms. The lowest BCUT2D eigenvalue weighted by Gasteiger charge is -2.26. The van der Waals surface area contributed by atoms with E-state index in [1.165, 1.54) is 0 Å². The van der Waals surface area contributed by atoms with Crippen molar-refractivity contribution in [3.8, 4) is 5.75 Å². The highest BCUT2D eigenvalue weighted by Crippen LogP contribution is 2.18. The molecule has 6 nitrogen and oxygen atoms in total. The third kappa shape index (κ3) is 6.49. The van der Waals surface area contributed by atoms with E-state index in [-0.39, 0.29) is 30.0 Å². The van der Waals surface area contributed by atoms with Gasteiger partial charge in [-0.3, -0.25) is 9.69 Å². The molecule has 1 atom stereocenters. The summed E-state index contributed by atoms with van der Waals surface area (Å²) in [4.78, 5) is 15.8. The number of carbonyl (C=O) groups is 1. The summed E-state index contributed by atoms with van der Waals surface area (Å²) in [7, 11) is 0.573. The van der Waals surface area contributed by atoms with Crippen molar-refractivity contribution >= 4 is 27.3 Å². The van der Waals surface area contributed by atoms with Gasteiger partial charge in [-0.25, -0.2) is 8.42 Å². The predicted molar refractivity (Wildman–Crippen MR) is 98.9 cm³/mol. The number of halogens is 1. The van der Waals surface area contributed by atoms with Crippen LogP contribution in [0, 0.1) is 0 Å². The maximum Gasteiger partial charge on any atom is 0.236 e. The van der Waals surface area contributed by atoms with Gasteiger partial charge in [0.05, 0.1) is 24.7 Å². The molecule has 1 heterocycles. The van der Waals surface area contributed by atoms with Gasteiger partial charge in [-0.15, -0.1) is 0 Å². The molecule has 8 heteroatoms. The van der Waals surface area contributed by atoms with Crippen molar-refractivity contribution in [3.63, 3.8) is 0 Å². The molecule has 1 aromatic carbocycles. The number of ether oxygens (including phenoxy) is 1. The molecule has 0 saturated carbocycles. The molecule has 0 aromatic heterocycles. The Labute approximate surface area is 154 Å². The van der Waals surface area contributed by atoms with E-state index in [4.69, 9.17) is 16.3 Å². The molecule has 1 amide bonds. The second-order valence-corrected chi connectivity index (χ2v) is 9.12. The smallest absolute Gasteiger partial charge is 0.236 e. The van der Waals surface area contributed by atoms with Crippen LogP contribution in [0.2, 0.25) is 5.02 Å². The second kappa shape index (κ2) is 8.87. The predicted octanol–water partition coefficient (Wildman–Crippen LogP) is 1.69. The molecular weight excluding hydrogens is 364 g/mol. The summed E-state index contributed by atoms with van der Waals surface area (Å²) < 4.78 is 28.7. The van der Waals surface area contributed by atoms with Crippen LogP contribution in [0.15, 0.2) is 24.3 Å². The highest BCUT2D eigenvalue weighted by Gasteiger charge is 2.32. The van der Waals surface area contributed by atoms with Gasteiger partial charge in [0.25, 0.3) is 0 Å². The first-order chi connectivity index (χ1) is 11.8. The van der Waals surface area contributed by atoms with Gasteiger partial charge in [0.1, 0.15) is 5.75 Å². The van der Waals surface area contributed by atoms with Crippen LogP contribution >= 0.6 is 11.6 Å². The Kier molecular flexibility index (Phi) is 7.10. The van der Waals surface area contributed by atoms with Gasteiger partial charge in [-0.05, 0) is 38.1 Å². The molecule has 0 N–H and O–H groups in total. The Morgan fingerprint density at radius 1 is 1.36 bits per heavy atom. The zero-order valence-corrected chi connectivity index (χ0v) is 16.2. The first-order valence-corrected chi connectivity index (χ1v) is 10.5. The average molecular weight is 389 g/mol. The van der Waals surface area contributed by atoms with Crippen molar-refractivity contribution in [2.24, 2.45) is 0 Å². The number of carbonyl (C=O) groups excluding carboxylic acids is 1. The standard InChI is InChI=1S/C17H25ClN2O4S/c1-19(8-4-9-24-16-6-3-5-14(18)11-16)12-17(21)20(2)15-7-10-25(22,23)13-15/h3,5-6,11,15H,4,7-10,12-13H2,1-2H3. The monoisotopic (exact) mass is 388 g/mol. The summed E-state index contributed by atoms with van der Waals surface area (Å²) in [5.41, 5.74) is 0. The van der Waals surface area contributed by atoms with Gasteiger partial charge >= 0.3 is 0 Å². The quantitative estimate of drug-likeness (QED) is 0.634. The molecule has 0 bridgehead atoms. The fourth-order valence-electron chi connectivity index (χ4n) is 2.79. The lowest BCUT2D eigenvalue weighted by molar-refractivity contribution is -0.132. The molecule has 1 aliphatic rings. The van der Waals surface area contributed by atoms with Crippen molar-refractivity contribution in [1.29, 1.82) is 0 Å². The number of sulfone groups is 1. The lowest BCUT2D eigenvalue weighted by atomic mass is 10.2. The van der Waals surface area contributed by atoms with E-state index in [2.05, 4.69) is 0 Å². The van der Waals surface area contributed by atoms with Crippen LogP contribution in [0.1, 0.15) is 12.8 Å². The van der Waals surface area contributed by atoms with E-state index in [1.807, 2.05) is 24.1 Å². The third-order valence-corrected chi connectivity index (χ3v) is 6.29. The van der Waals surface area contributed by atoms with Gasteiger partial charge in [0.2, 0.25) is 5.91 Å². The fraction of sp³-hybridized carbons (Fsp3) is 0.588. The number of hydrogen-bond acceptors (Lipinski definition) is 5. The maximum atomic E-state index is 12.3.